The van der Waals surface area contributed by atoms with Crippen LogP contribution in [0.4, 0.5) is 5.69 Å². The first-order valence-corrected chi connectivity index (χ1v) is 8.41. The van der Waals surface area contributed by atoms with Crippen LogP contribution in [0.5, 0.6) is 0 Å². The summed E-state index contributed by atoms with van der Waals surface area (Å²) in [6.45, 7) is 2.30. The van der Waals surface area contributed by atoms with Crippen molar-refractivity contribution in [2.45, 2.75) is 37.5 Å². The van der Waals surface area contributed by atoms with Gasteiger partial charge in [-0.15, -0.1) is 0 Å². The monoisotopic (exact) mass is 298 g/mol. The van der Waals surface area contributed by atoms with Gasteiger partial charge in [-0.2, -0.15) is 0 Å². The summed E-state index contributed by atoms with van der Waals surface area (Å²) in [4.78, 5) is 23.7. The van der Waals surface area contributed by atoms with Crippen molar-refractivity contribution in [3.63, 3.8) is 0 Å². The standard InChI is InChI=1S/C13H18N2O4S/c1-3-15-9-10(5-6-11(15)16)14-12(17)13(7-4-8-13)20(2,18)19/h5-6,9H,3-4,7-8H2,1-2H3,(H,14,17). The number of aromatic nitrogens is 1. The zero-order valence-corrected chi connectivity index (χ0v) is 12.4. The summed E-state index contributed by atoms with van der Waals surface area (Å²) >= 11 is 0. The Hall–Kier alpha value is -1.63. The summed E-state index contributed by atoms with van der Waals surface area (Å²) in [5.74, 6) is -0.507. The predicted octanol–water partition coefficient (Wildman–Crippen LogP) is 0.774. The largest absolute Gasteiger partial charge is 0.323 e. The Kier molecular flexibility index (Phi) is 3.73. The van der Waals surface area contributed by atoms with Crippen LogP contribution < -0.4 is 10.9 Å². The zero-order chi connectivity index (χ0) is 15.0. The summed E-state index contributed by atoms with van der Waals surface area (Å²) in [7, 11) is -3.45. The number of hydrogen-bond acceptors (Lipinski definition) is 4. The van der Waals surface area contributed by atoms with Crippen LogP contribution in [0, 0.1) is 0 Å². The third-order valence-electron chi connectivity index (χ3n) is 3.87. The van der Waals surface area contributed by atoms with Gasteiger partial charge in [0.2, 0.25) is 5.91 Å². The number of carbonyl (C=O) groups excluding carboxylic acids is 1. The number of sulfone groups is 1. The molecule has 1 heterocycles. The number of rotatable bonds is 4. The molecule has 20 heavy (non-hydrogen) atoms. The molecule has 0 saturated heterocycles. The Bertz CT molecular complexity index is 687. The van der Waals surface area contributed by atoms with Gasteiger partial charge in [-0.25, -0.2) is 8.42 Å². The van der Waals surface area contributed by atoms with Gasteiger partial charge >= 0.3 is 0 Å². The highest BCUT2D eigenvalue weighted by Gasteiger charge is 2.52. The van der Waals surface area contributed by atoms with E-state index in [2.05, 4.69) is 5.32 Å². The van der Waals surface area contributed by atoms with Crippen LogP contribution >= 0.6 is 0 Å². The summed E-state index contributed by atoms with van der Waals surface area (Å²) < 4.78 is 23.8. The molecule has 1 N–H and O–H groups in total. The first kappa shape index (κ1) is 14.8. The van der Waals surface area contributed by atoms with Crippen molar-refractivity contribution >= 4 is 21.4 Å². The van der Waals surface area contributed by atoms with E-state index in [0.29, 0.717) is 25.1 Å². The van der Waals surface area contributed by atoms with Gasteiger partial charge in [0.25, 0.3) is 5.56 Å². The molecule has 1 aliphatic rings. The van der Waals surface area contributed by atoms with Gasteiger partial charge in [0.1, 0.15) is 0 Å². The lowest BCUT2D eigenvalue weighted by atomic mass is 9.83. The van der Waals surface area contributed by atoms with Gasteiger partial charge in [0.15, 0.2) is 14.6 Å². The normalized spacial score (nSPS) is 17.3. The first-order chi connectivity index (χ1) is 9.30. The molecular weight excluding hydrogens is 280 g/mol. The first-order valence-electron chi connectivity index (χ1n) is 6.52. The summed E-state index contributed by atoms with van der Waals surface area (Å²) in [6.07, 6.45) is 4.05. The van der Waals surface area contributed by atoms with E-state index in [-0.39, 0.29) is 5.56 Å². The highest BCUT2D eigenvalue weighted by molar-refractivity contribution is 7.93. The number of anilines is 1. The molecule has 1 fully saturated rings. The molecule has 1 aliphatic carbocycles. The van der Waals surface area contributed by atoms with Crippen LogP contribution in [0.3, 0.4) is 0 Å². The SMILES string of the molecule is CCn1cc(NC(=O)C2(S(C)(=O)=O)CCC2)ccc1=O. The van der Waals surface area contributed by atoms with Gasteiger partial charge in [-0.1, -0.05) is 0 Å². The molecule has 0 bridgehead atoms. The molecule has 0 aromatic carbocycles. The van der Waals surface area contributed by atoms with Gasteiger partial charge in [-0.05, 0) is 32.3 Å². The van der Waals surface area contributed by atoms with Crippen molar-refractivity contribution < 1.29 is 13.2 Å². The Labute approximate surface area is 117 Å². The average Bonchev–Trinajstić information content (AvgIpc) is 2.28. The van der Waals surface area contributed by atoms with E-state index in [0.717, 1.165) is 12.7 Å². The van der Waals surface area contributed by atoms with E-state index in [1.807, 2.05) is 6.92 Å². The third kappa shape index (κ3) is 2.37. The molecule has 1 aromatic rings. The maximum atomic E-state index is 12.3. The van der Waals surface area contributed by atoms with Gasteiger partial charge in [-0.3, -0.25) is 9.59 Å². The molecule has 1 amide bonds. The van der Waals surface area contributed by atoms with Crippen molar-refractivity contribution in [3.8, 4) is 0 Å². The van der Waals surface area contributed by atoms with Gasteiger partial charge < -0.3 is 9.88 Å². The maximum Gasteiger partial charge on any atom is 0.250 e. The number of nitrogens with zero attached hydrogens (tertiary/aromatic N) is 1. The predicted molar refractivity (Wildman–Crippen MR) is 76.4 cm³/mol. The van der Waals surface area contributed by atoms with E-state index in [9.17, 15) is 18.0 Å². The molecular formula is C13H18N2O4S. The van der Waals surface area contributed by atoms with Crippen molar-refractivity contribution in [1.82, 2.24) is 4.57 Å². The lowest BCUT2D eigenvalue weighted by Crippen LogP contribution is -2.54. The number of carbonyl (C=O) groups is 1. The summed E-state index contributed by atoms with van der Waals surface area (Å²) in [5.41, 5.74) is 0.276. The second-order valence-electron chi connectivity index (χ2n) is 5.12. The number of nitrogens with one attached hydrogen (secondary N) is 1. The van der Waals surface area contributed by atoms with Crippen LogP contribution in [0.2, 0.25) is 0 Å². The fourth-order valence-electron chi connectivity index (χ4n) is 2.36. The molecule has 0 unspecified atom stereocenters. The minimum atomic E-state index is -3.45. The smallest absolute Gasteiger partial charge is 0.250 e. The van der Waals surface area contributed by atoms with E-state index >= 15 is 0 Å². The second-order valence-corrected chi connectivity index (χ2v) is 7.44. The number of pyridine rings is 1. The Morgan fingerprint density at radius 1 is 1.40 bits per heavy atom. The molecule has 1 aromatic heterocycles. The molecule has 6 nitrogen and oxygen atoms in total. The lowest BCUT2D eigenvalue weighted by molar-refractivity contribution is -0.120. The quantitative estimate of drug-likeness (QED) is 0.890. The lowest BCUT2D eigenvalue weighted by Gasteiger charge is -2.38. The molecule has 0 aliphatic heterocycles. The fourth-order valence-corrected chi connectivity index (χ4v) is 3.78. The van der Waals surface area contributed by atoms with Crippen LogP contribution in [0.1, 0.15) is 26.2 Å². The fraction of sp³-hybridized carbons (Fsp3) is 0.538. The number of aryl methyl sites for hydroxylation is 1. The number of amides is 1. The molecule has 1 saturated carbocycles. The van der Waals surface area contributed by atoms with Crippen LogP contribution in [0.25, 0.3) is 0 Å². The molecule has 7 heteroatoms. The zero-order valence-electron chi connectivity index (χ0n) is 11.5. The van der Waals surface area contributed by atoms with Crippen molar-refractivity contribution in [2.75, 3.05) is 11.6 Å². The van der Waals surface area contributed by atoms with Crippen molar-refractivity contribution in [2.24, 2.45) is 0 Å². The second kappa shape index (κ2) is 5.05. The Balaban J connectivity index is 2.26. The topological polar surface area (TPSA) is 85.2 Å². The minimum absolute atomic E-state index is 0.160. The molecule has 0 radical (unpaired) electrons. The number of hydrogen-bond donors (Lipinski definition) is 1. The highest BCUT2D eigenvalue weighted by Crippen LogP contribution is 2.39. The molecule has 0 atom stereocenters. The van der Waals surface area contributed by atoms with Crippen LogP contribution in [0.15, 0.2) is 23.1 Å². The van der Waals surface area contributed by atoms with Crippen molar-refractivity contribution in [1.29, 1.82) is 0 Å². The van der Waals surface area contributed by atoms with E-state index in [4.69, 9.17) is 0 Å². The van der Waals surface area contributed by atoms with Crippen molar-refractivity contribution in [3.05, 3.63) is 28.7 Å². The summed E-state index contributed by atoms with van der Waals surface area (Å²) in [5, 5.41) is 2.62. The molecule has 0 spiro atoms. The Morgan fingerprint density at radius 3 is 2.50 bits per heavy atom. The summed E-state index contributed by atoms with van der Waals surface area (Å²) in [6, 6.07) is 2.84. The Morgan fingerprint density at radius 2 is 2.05 bits per heavy atom. The minimum Gasteiger partial charge on any atom is -0.323 e. The van der Waals surface area contributed by atoms with E-state index in [1.165, 1.54) is 22.9 Å². The van der Waals surface area contributed by atoms with E-state index < -0.39 is 20.5 Å². The van der Waals surface area contributed by atoms with Gasteiger partial charge in [0, 0.05) is 25.1 Å². The highest BCUT2D eigenvalue weighted by atomic mass is 32.2. The maximum absolute atomic E-state index is 12.3. The average molecular weight is 298 g/mol. The third-order valence-corrected chi connectivity index (χ3v) is 5.88. The van der Waals surface area contributed by atoms with E-state index in [1.54, 1.807) is 0 Å². The van der Waals surface area contributed by atoms with Gasteiger partial charge in [0.05, 0.1) is 5.69 Å². The van der Waals surface area contributed by atoms with Crippen LogP contribution in [-0.4, -0.2) is 29.9 Å². The molecule has 2 rings (SSSR count). The van der Waals surface area contributed by atoms with Crippen LogP contribution in [-0.2, 0) is 21.2 Å². The molecule has 110 valence electrons.